The highest BCUT2D eigenvalue weighted by Gasteiger charge is 2.20. The minimum absolute atomic E-state index is 0.104. The van der Waals surface area contributed by atoms with Crippen LogP contribution in [0.3, 0.4) is 0 Å². The van der Waals surface area contributed by atoms with Crippen LogP contribution in [0.15, 0.2) is 48.7 Å². The molecule has 0 bridgehead atoms. The van der Waals surface area contributed by atoms with Crippen LogP contribution >= 0.6 is 0 Å². The highest BCUT2D eigenvalue weighted by molar-refractivity contribution is 5.65. The fourth-order valence-corrected chi connectivity index (χ4v) is 3.52. The maximum atomic E-state index is 14.4. The summed E-state index contributed by atoms with van der Waals surface area (Å²) < 4.78 is 33.6. The highest BCUT2D eigenvalue weighted by Crippen LogP contribution is 2.37. The lowest BCUT2D eigenvalue weighted by atomic mass is 9.79. The summed E-state index contributed by atoms with van der Waals surface area (Å²) in [4.78, 5) is 0. The molecule has 1 fully saturated rings. The molecule has 0 saturated heterocycles. The molecule has 2 aromatic rings. The van der Waals surface area contributed by atoms with Gasteiger partial charge < -0.3 is 4.74 Å². The molecular formula is C22H24F2O. The average Bonchev–Trinajstić information content (AvgIpc) is 2.64. The number of allylic oxidation sites excluding steroid dienone is 1. The van der Waals surface area contributed by atoms with Gasteiger partial charge in [0.05, 0.1) is 6.26 Å². The zero-order chi connectivity index (χ0) is 17.8. The first-order chi connectivity index (χ1) is 12.1. The van der Waals surface area contributed by atoms with Crippen molar-refractivity contribution < 1.29 is 13.5 Å². The monoisotopic (exact) mass is 342 g/mol. The average molecular weight is 342 g/mol. The Morgan fingerprint density at radius 1 is 0.920 bits per heavy atom. The van der Waals surface area contributed by atoms with Gasteiger partial charge in [-0.1, -0.05) is 50.1 Å². The van der Waals surface area contributed by atoms with E-state index in [0.717, 1.165) is 5.92 Å². The van der Waals surface area contributed by atoms with E-state index >= 15 is 0 Å². The second-order valence-corrected chi connectivity index (χ2v) is 6.91. The summed E-state index contributed by atoms with van der Waals surface area (Å²) in [5.41, 5.74) is 2.24. The Bertz CT molecular complexity index is 741. The van der Waals surface area contributed by atoms with Gasteiger partial charge in [-0.2, -0.15) is 4.39 Å². The maximum Gasteiger partial charge on any atom is 0.201 e. The van der Waals surface area contributed by atoms with Gasteiger partial charge in [0.15, 0.2) is 11.6 Å². The summed E-state index contributed by atoms with van der Waals surface area (Å²) in [5.74, 6) is -0.534. The van der Waals surface area contributed by atoms with E-state index in [9.17, 15) is 8.78 Å². The molecule has 0 amide bonds. The van der Waals surface area contributed by atoms with Crippen LogP contribution in [0.1, 0.15) is 51.0 Å². The first-order valence-corrected chi connectivity index (χ1v) is 8.96. The molecule has 1 aliphatic rings. The Balaban J connectivity index is 1.81. The fourth-order valence-electron chi connectivity index (χ4n) is 3.52. The lowest BCUT2D eigenvalue weighted by Gasteiger charge is -2.26. The van der Waals surface area contributed by atoms with E-state index in [1.165, 1.54) is 43.6 Å². The Morgan fingerprint density at radius 2 is 1.60 bits per heavy atom. The van der Waals surface area contributed by atoms with Crippen LogP contribution in [0.2, 0.25) is 0 Å². The van der Waals surface area contributed by atoms with E-state index in [1.54, 1.807) is 19.1 Å². The fraction of sp³-hybridized carbons (Fsp3) is 0.364. The molecule has 0 radical (unpaired) electrons. The molecule has 0 N–H and O–H groups in total. The molecular weight excluding hydrogens is 318 g/mol. The van der Waals surface area contributed by atoms with Gasteiger partial charge in [-0.15, -0.1) is 0 Å². The quantitative estimate of drug-likeness (QED) is 0.553. The number of ether oxygens (including phenoxy) is 1. The highest BCUT2D eigenvalue weighted by atomic mass is 19.2. The zero-order valence-electron chi connectivity index (χ0n) is 14.8. The molecule has 132 valence electrons. The van der Waals surface area contributed by atoms with Gasteiger partial charge in [-0.05, 0) is 54.9 Å². The van der Waals surface area contributed by atoms with E-state index in [1.807, 2.05) is 12.1 Å². The molecule has 3 rings (SSSR count). The van der Waals surface area contributed by atoms with Crippen molar-refractivity contribution in [2.45, 2.75) is 45.4 Å². The molecule has 25 heavy (non-hydrogen) atoms. The Labute approximate surface area is 148 Å². The van der Waals surface area contributed by atoms with E-state index in [4.69, 9.17) is 4.74 Å². The molecule has 1 saturated carbocycles. The van der Waals surface area contributed by atoms with Crippen LogP contribution < -0.4 is 4.74 Å². The first kappa shape index (κ1) is 17.7. The van der Waals surface area contributed by atoms with Gasteiger partial charge in [0.1, 0.15) is 0 Å². The lowest BCUT2D eigenvalue weighted by Crippen LogP contribution is -2.10. The molecule has 3 heteroatoms. The number of hydrogen-bond donors (Lipinski definition) is 0. The van der Waals surface area contributed by atoms with Crippen molar-refractivity contribution in [1.29, 1.82) is 0 Å². The largest absolute Gasteiger partial charge is 0.462 e. The molecule has 0 heterocycles. The summed E-state index contributed by atoms with van der Waals surface area (Å²) in [5, 5.41) is 0. The van der Waals surface area contributed by atoms with Crippen LogP contribution in [0.25, 0.3) is 11.1 Å². The summed E-state index contributed by atoms with van der Waals surface area (Å²) >= 11 is 0. The predicted octanol–water partition coefficient (Wildman–Crippen LogP) is 6.84. The molecule has 0 unspecified atom stereocenters. The zero-order valence-corrected chi connectivity index (χ0v) is 14.8. The van der Waals surface area contributed by atoms with Crippen LogP contribution in [0.4, 0.5) is 8.78 Å². The van der Waals surface area contributed by atoms with Crippen molar-refractivity contribution in [3.8, 4) is 16.9 Å². The molecule has 0 atom stereocenters. The van der Waals surface area contributed by atoms with Crippen molar-refractivity contribution >= 4 is 0 Å². The maximum absolute atomic E-state index is 14.4. The van der Waals surface area contributed by atoms with Crippen molar-refractivity contribution in [2.75, 3.05) is 0 Å². The molecule has 1 aliphatic carbocycles. The number of rotatable bonds is 4. The van der Waals surface area contributed by atoms with Gasteiger partial charge in [0.25, 0.3) is 0 Å². The Kier molecular flexibility index (Phi) is 5.52. The standard InChI is InChI=1S/C22H24F2O/c1-3-14-25-20-13-12-19(21(23)22(20)24)18-10-8-17(9-11-18)16-6-4-15(2)5-7-16/h3,8-16H,4-7H2,1-2H3/b14-3+. The smallest absolute Gasteiger partial charge is 0.201 e. The molecule has 0 spiro atoms. The minimum atomic E-state index is -0.957. The van der Waals surface area contributed by atoms with Crippen molar-refractivity contribution in [2.24, 2.45) is 5.92 Å². The van der Waals surface area contributed by atoms with Crippen LogP contribution in [0.5, 0.6) is 5.75 Å². The van der Waals surface area contributed by atoms with E-state index in [2.05, 4.69) is 19.1 Å². The summed E-state index contributed by atoms with van der Waals surface area (Å²) in [6.07, 6.45) is 7.90. The normalized spacial score (nSPS) is 20.8. The van der Waals surface area contributed by atoms with Gasteiger partial charge in [-0.3, -0.25) is 0 Å². The third-order valence-corrected chi connectivity index (χ3v) is 5.09. The topological polar surface area (TPSA) is 9.23 Å². The van der Waals surface area contributed by atoms with E-state index < -0.39 is 11.6 Å². The Morgan fingerprint density at radius 3 is 2.24 bits per heavy atom. The van der Waals surface area contributed by atoms with Gasteiger partial charge in [-0.25, -0.2) is 4.39 Å². The third-order valence-electron chi connectivity index (χ3n) is 5.09. The second-order valence-electron chi connectivity index (χ2n) is 6.91. The number of hydrogen-bond acceptors (Lipinski definition) is 1. The SMILES string of the molecule is C/C=C/Oc1ccc(-c2ccc(C3CCC(C)CC3)cc2)c(F)c1F. The summed E-state index contributed by atoms with van der Waals surface area (Å²) in [6.45, 7) is 4.05. The van der Waals surface area contributed by atoms with Crippen molar-refractivity contribution in [1.82, 2.24) is 0 Å². The third kappa shape index (κ3) is 3.92. The van der Waals surface area contributed by atoms with Crippen molar-refractivity contribution in [3.63, 3.8) is 0 Å². The van der Waals surface area contributed by atoms with E-state index in [0.29, 0.717) is 11.5 Å². The van der Waals surface area contributed by atoms with E-state index in [-0.39, 0.29) is 11.3 Å². The molecule has 0 aromatic heterocycles. The van der Waals surface area contributed by atoms with Gasteiger partial charge >= 0.3 is 0 Å². The Hall–Kier alpha value is -2.16. The van der Waals surface area contributed by atoms with Crippen LogP contribution in [-0.4, -0.2) is 0 Å². The lowest BCUT2D eigenvalue weighted by molar-refractivity contribution is 0.348. The second kappa shape index (κ2) is 7.81. The number of benzene rings is 2. The summed E-state index contributed by atoms with van der Waals surface area (Å²) in [6, 6.07) is 10.9. The first-order valence-electron chi connectivity index (χ1n) is 8.96. The van der Waals surface area contributed by atoms with Crippen molar-refractivity contribution in [3.05, 3.63) is 65.9 Å². The molecule has 2 aromatic carbocycles. The molecule has 1 nitrogen and oxygen atoms in total. The van der Waals surface area contributed by atoms with Gasteiger partial charge in [0, 0.05) is 5.56 Å². The van der Waals surface area contributed by atoms with Crippen LogP contribution in [-0.2, 0) is 0 Å². The molecule has 0 aliphatic heterocycles. The summed E-state index contributed by atoms with van der Waals surface area (Å²) in [7, 11) is 0. The van der Waals surface area contributed by atoms with Crippen LogP contribution in [0, 0.1) is 17.6 Å². The van der Waals surface area contributed by atoms with Gasteiger partial charge in [0.2, 0.25) is 5.82 Å². The number of halogens is 2. The predicted molar refractivity (Wildman–Crippen MR) is 97.6 cm³/mol. The minimum Gasteiger partial charge on any atom is -0.462 e.